The first kappa shape index (κ1) is 17.8. The third kappa shape index (κ3) is 2.97. The van der Waals surface area contributed by atoms with Gasteiger partial charge in [0.2, 0.25) is 0 Å². The van der Waals surface area contributed by atoms with Gasteiger partial charge in [-0.3, -0.25) is 4.79 Å². The minimum Gasteiger partial charge on any atom is -0.497 e. The Labute approximate surface area is 150 Å². The number of benzene rings is 2. The molecular formula is C19H19NO6. The smallest absolute Gasteiger partial charge is 0.335 e. The fourth-order valence-electron chi connectivity index (χ4n) is 3.23. The molecule has 7 heteroatoms. The molecule has 2 aromatic rings. The monoisotopic (exact) mass is 357 g/mol. The van der Waals surface area contributed by atoms with Gasteiger partial charge < -0.3 is 25.0 Å². The highest BCUT2D eigenvalue weighted by atomic mass is 16.5. The molecule has 2 unspecified atom stereocenters. The first-order valence-corrected chi connectivity index (χ1v) is 8.05. The molecule has 1 amide bonds. The second-order valence-corrected chi connectivity index (χ2v) is 5.92. The van der Waals surface area contributed by atoms with Gasteiger partial charge in [-0.2, -0.15) is 0 Å². The van der Waals surface area contributed by atoms with Crippen LogP contribution in [0.1, 0.15) is 37.8 Å². The molecule has 2 atom stereocenters. The summed E-state index contributed by atoms with van der Waals surface area (Å²) in [6, 6.07) is 10.0. The van der Waals surface area contributed by atoms with Gasteiger partial charge in [-0.05, 0) is 29.8 Å². The first-order valence-electron chi connectivity index (χ1n) is 8.05. The number of carboxylic acids is 1. The van der Waals surface area contributed by atoms with E-state index in [2.05, 4.69) is 5.32 Å². The van der Waals surface area contributed by atoms with E-state index in [4.69, 9.17) is 9.47 Å². The lowest BCUT2D eigenvalue weighted by molar-refractivity contribution is 0.0696. The Hall–Kier alpha value is -3.06. The number of amides is 1. The van der Waals surface area contributed by atoms with Gasteiger partial charge in [-0.25, -0.2) is 4.79 Å². The number of fused-ring (bicyclic) bond motifs is 1. The van der Waals surface area contributed by atoms with E-state index in [1.807, 2.05) is 6.07 Å². The summed E-state index contributed by atoms with van der Waals surface area (Å²) in [6.07, 6.45) is -0.635. The van der Waals surface area contributed by atoms with Crippen LogP contribution in [0.3, 0.4) is 0 Å². The van der Waals surface area contributed by atoms with Crippen molar-refractivity contribution in [1.29, 1.82) is 0 Å². The second-order valence-electron chi connectivity index (χ2n) is 5.92. The highest BCUT2D eigenvalue weighted by Crippen LogP contribution is 2.45. The van der Waals surface area contributed by atoms with Gasteiger partial charge in [0.15, 0.2) is 0 Å². The van der Waals surface area contributed by atoms with E-state index >= 15 is 0 Å². The zero-order chi connectivity index (χ0) is 18.8. The summed E-state index contributed by atoms with van der Waals surface area (Å²) in [5.74, 6) is -1.09. The van der Waals surface area contributed by atoms with Gasteiger partial charge in [0.1, 0.15) is 17.6 Å². The van der Waals surface area contributed by atoms with Crippen LogP contribution in [0, 0.1) is 0 Å². The molecule has 1 heterocycles. The number of aromatic carboxylic acids is 1. The van der Waals surface area contributed by atoms with Crippen LogP contribution in [0.5, 0.6) is 11.5 Å². The minimum absolute atomic E-state index is 0.0163. The first-order chi connectivity index (χ1) is 12.5. The van der Waals surface area contributed by atoms with E-state index in [9.17, 15) is 19.8 Å². The van der Waals surface area contributed by atoms with Crippen molar-refractivity contribution in [2.45, 2.75) is 12.0 Å². The van der Waals surface area contributed by atoms with Crippen LogP contribution in [0.15, 0.2) is 36.4 Å². The molecular weight excluding hydrogens is 338 g/mol. The van der Waals surface area contributed by atoms with Crippen LogP contribution in [0.2, 0.25) is 0 Å². The lowest BCUT2D eigenvalue weighted by Crippen LogP contribution is -2.24. The number of nitrogens with one attached hydrogen (secondary N) is 1. The van der Waals surface area contributed by atoms with E-state index in [1.54, 1.807) is 25.3 Å². The van der Waals surface area contributed by atoms with Crippen LogP contribution in [0.25, 0.3) is 0 Å². The van der Waals surface area contributed by atoms with Crippen LogP contribution in [-0.4, -0.2) is 49.0 Å². The van der Waals surface area contributed by atoms with E-state index in [-0.39, 0.29) is 17.7 Å². The summed E-state index contributed by atoms with van der Waals surface area (Å²) in [4.78, 5) is 23.7. The minimum atomic E-state index is -1.14. The van der Waals surface area contributed by atoms with Gasteiger partial charge in [0.25, 0.3) is 5.91 Å². The average Bonchev–Trinajstić information content (AvgIpc) is 3.05. The number of hydrogen-bond donors (Lipinski definition) is 3. The van der Waals surface area contributed by atoms with Crippen molar-refractivity contribution in [2.75, 3.05) is 20.8 Å². The van der Waals surface area contributed by atoms with Crippen molar-refractivity contribution < 1.29 is 29.3 Å². The van der Waals surface area contributed by atoms with Crippen LogP contribution in [0.4, 0.5) is 0 Å². The SMILES string of the molecule is CNC(=O)c1cc(C(=O)O)cc2c1OC(CO)C2c1cccc(OC)c1. The van der Waals surface area contributed by atoms with Gasteiger partial charge in [-0.1, -0.05) is 12.1 Å². The number of carbonyl (C=O) groups is 2. The quantitative estimate of drug-likeness (QED) is 0.751. The maximum absolute atomic E-state index is 12.2. The molecule has 0 fully saturated rings. The summed E-state index contributed by atoms with van der Waals surface area (Å²) in [5, 5.41) is 21.7. The molecule has 2 aromatic carbocycles. The topological polar surface area (TPSA) is 105 Å². The number of methoxy groups -OCH3 is 1. The number of aliphatic hydroxyl groups excluding tert-OH is 1. The molecule has 136 valence electrons. The van der Waals surface area contributed by atoms with Crippen molar-refractivity contribution in [3.05, 3.63) is 58.7 Å². The van der Waals surface area contributed by atoms with Crippen LogP contribution >= 0.6 is 0 Å². The summed E-state index contributed by atoms with van der Waals surface area (Å²) in [5.41, 5.74) is 1.46. The highest BCUT2D eigenvalue weighted by molar-refractivity contribution is 6.00. The maximum atomic E-state index is 12.2. The Morgan fingerprint density at radius 3 is 2.65 bits per heavy atom. The summed E-state index contributed by atoms with van der Waals surface area (Å²) in [6.45, 7) is -0.286. The van der Waals surface area contributed by atoms with Crippen molar-refractivity contribution in [1.82, 2.24) is 5.32 Å². The Bertz CT molecular complexity index is 863. The molecule has 3 rings (SSSR count). The van der Waals surface area contributed by atoms with Gasteiger partial charge >= 0.3 is 5.97 Å². The Kier molecular flexibility index (Phi) is 4.81. The third-order valence-electron chi connectivity index (χ3n) is 4.45. The molecule has 0 saturated heterocycles. The number of carboxylic acid groups (broad SMARTS) is 1. The highest BCUT2D eigenvalue weighted by Gasteiger charge is 2.38. The molecule has 0 saturated carbocycles. The van der Waals surface area contributed by atoms with Crippen LogP contribution in [-0.2, 0) is 0 Å². The Morgan fingerprint density at radius 1 is 1.27 bits per heavy atom. The van der Waals surface area contributed by atoms with Gasteiger partial charge in [0, 0.05) is 12.6 Å². The Balaban J connectivity index is 2.21. The fourth-order valence-corrected chi connectivity index (χ4v) is 3.23. The van der Waals surface area contributed by atoms with Crippen LogP contribution < -0.4 is 14.8 Å². The fraction of sp³-hybridized carbons (Fsp3) is 0.263. The normalized spacial score (nSPS) is 18.0. The third-order valence-corrected chi connectivity index (χ3v) is 4.45. The zero-order valence-corrected chi connectivity index (χ0v) is 14.4. The van der Waals surface area contributed by atoms with Crippen molar-refractivity contribution in [2.24, 2.45) is 0 Å². The second kappa shape index (κ2) is 7.05. The zero-order valence-electron chi connectivity index (χ0n) is 14.4. The molecule has 7 nitrogen and oxygen atoms in total. The standard InChI is InChI=1S/C19H19NO6/c1-20-18(22)14-8-11(19(23)24)7-13-16(15(9-21)26-17(13)14)10-4-3-5-12(6-10)25-2/h3-8,15-16,21H,9H2,1-2H3,(H,20,22)(H,23,24). The number of ether oxygens (including phenoxy) is 2. The average molecular weight is 357 g/mol. The molecule has 0 spiro atoms. The number of carbonyl (C=O) groups excluding carboxylic acids is 1. The van der Waals surface area contributed by atoms with Crippen molar-refractivity contribution in [3.63, 3.8) is 0 Å². The van der Waals surface area contributed by atoms with Crippen molar-refractivity contribution >= 4 is 11.9 Å². The largest absolute Gasteiger partial charge is 0.497 e. The van der Waals surface area contributed by atoms with E-state index < -0.39 is 23.9 Å². The number of hydrogen-bond acceptors (Lipinski definition) is 5. The lowest BCUT2D eigenvalue weighted by Gasteiger charge is -2.18. The molecule has 3 N–H and O–H groups in total. The summed E-state index contributed by atoms with van der Waals surface area (Å²) >= 11 is 0. The molecule has 1 aliphatic rings. The van der Waals surface area contributed by atoms with E-state index in [0.717, 1.165) is 5.56 Å². The number of rotatable bonds is 5. The summed E-state index contributed by atoms with van der Waals surface area (Å²) in [7, 11) is 3.01. The molecule has 26 heavy (non-hydrogen) atoms. The molecule has 0 aromatic heterocycles. The maximum Gasteiger partial charge on any atom is 0.335 e. The lowest BCUT2D eigenvalue weighted by atomic mass is 9.86. The van der Waals surface area contributed by atoms with Crippen molar-refractivity contribution in [3.8, 4) is 11.5 Å². The predicted octanol–water partition coefficient (Wildman–Crippen LogP) is 1.64. The Morgan fingerprint density at radius 2 is 2.04 bits per heavy atom. The van der Waals surface area contributed by atoms with Gasteiger partial charge in [0.05, 0.1) is 30.8 Å². The molecule has 1 aliphatic heterocycles. The molecule has 0 aliphatic carbocycles. The van der Waals surface area contributed by atoms with E-state index in [0.29, 0.717) is 17.1 Å². The molecule has 0 bridgehead atoms. The van der Waals surface area contributed by atoms with Gasteiger partial charge in [-0.15, -0.1) is 0 Å². The van der Waals surface area contributed by atoms with E-state index in [1.165, 1.54) is 19.2 Å². The predicted molar refractivity (Wildman–Crippen MR) is 93.1 cm³/mol. The molecule has 0 radical (unpaired) electrons. The number of aliphatic hydroxyl groups is 1. The summed E-state index contributed by atoms with van der Waals surface area (Å²) < 4.78 is 11.1.